The molecule has 0 aliphatic rings. The first kappa shape index (κ1) is 15.8. The molecule has 0 bridgehead atoms. The number of benzene rings is 1. The molecular formula is C15H16F2N4O. The Kier molecular flexibility index (Phi) is 4.98. The number of nitrogens with one attached hydrogen (secondary N) is 2. The van der Waals surface area contributed by atoms with Crippen molar-refractivity contribution in [3.8, 4) is 0 Å². The van der Waals surface area contributed by atoms with Crippen molar-refractivity contribution < 1.29 is 13.6 Å². The summed E-state index contributed by atoms with van der Waals surface area (Å²) in [6.45, 7) is 4.81. The molecule has 0 aliphatic heterocycles. The van der Waals surface area contributed by atoms with Crippen LogP contribution in [0.3, 0.4) is 0 Å². The predicted molar refractivity (Wildman–Crippen MR) is 79.7 cm³/mol. The Hall–Kier alpha value is -2.57. The van der Waals surface area contributed by atoms with E-state index in [-0.39, 0.29) is 11.3 Å². The van der Waals surface area contributed by atoms with Crippen LogP contribution in [0, 0.1) is 17.6 Å². The van der Waals surface area contributed by atoms with Crippen molar-refractivity contribution in [2.24, 2.45) is 5.92 Å². The number of carbonyl (C=O) groups excluding carboxylic acids is 1. The molecule has 0 saturated carbocycles. The van der Waals surface area contributed by atoms with E-state index in [1.54, 1.807) is 0 Å². The summed E-state index contributed by atoms with van der Waals surface area (Å²) in [5, 5.41) is 5.36. The van der Waals surface area contributed by atoms with Gasteiger partial charge < -0.3 is 10.6 Å². The van der Waals surface area contributed by atoms with Gasteiger partial charge >= 0.3 is 0 Å². The van der Waals surface area contributed by atoms with Crippen molar-refractivity contribution in [2.45, 2.75) is 13.8 Å². The molecule has 116 valence electrons. The number of carbonyl (C=O) groups is 1. The molecule has 5 nitrogen and oxygen atoms in total. The van der Waals surface area contributed by atoms with E-state index in [4.69, 9.17) is 0 Å². The molecule has 0 aliphatic carbocycles. The van der Waals surface area contributed by atoms with Gasteiger partial charge in [0.05, 0.1) is 11.3 Å². The van der Waals surface area contributed by atoms with E-state index in [9.17, 15) is 13.6 Å². The van der Waals surface area contributed by atoms with Crippen LogP contribution in [-0.2, 0) is 0 Å². The van der Waals surface area contributed by atoms with E-state index in [2.05, 4.69) is 20.6 Å². The average molecular weight is 306 g/mol. The summed E-state index contributed by atoms with van der Waals surface area (Å²) in [5.41, 5.74) is 0.0761. The summed E-state index contributed by atoms with van der Waals surface area (Å²) in [6, 6.07) is 2.92. The van der Waals surface area contributed by atoms with E-state index in [0.29, 0.717) is 24.5 Å². The molecule has 2 rings (SSSR count). The molecule has 7 heteroatoms. The lowest BCUT2D eigenvalue weighted by Gasteiger charge is -2.08. The largest absolute Gasteiger partial charge is 0.354 e. The maximum Gasteiger partial charge on any atom is 0.258 e. The molecule has 0 spiro atoms. The van der Waals surface area contributed by atoms with Gasteiger partial charge in [-0.05, 0) is 18.1 Å². The third kappa shape index (κ3) is 4.21. The van der Waals surface area contributed by atoms with Crippen molar-refractivity contribution in [3.63, 3.8) is 0 Å². The van der Waals surface area contributed by atoms with Gasteiger partial charge in [0.1, 0.15) is 11.6 Å². The minimum absolute atomic E-state index is 0.103. The highest BCUT2D eigenvalue weighted by Gasteiger charge is 2.11. The SMILES string of the molecule is CC(C)CNc1ncc(C(=O)Nc2ccc(F)cc2F)cn1. The summed E-state index contributed by atoms with van der Waals surface area (Å²) >= 11 is 0. The fraction of sp³-hybridized carbons (Fsp3) is 0.267. The maximum absolute atomic E-state index is 13.5. The first-order chi connectivity index (χ1) is 10.5. The molecular weight excluding hydrogens is 290 g/mol. The molecule has 0 unspecified atom stereocenters. The van der Waals surface area contributed by atoms with Crippen molar-refractivity contribution in [2.75, 3.05) is 17.2 Å². The Balaban J connectivity index is 2.03. The smallest absolute Gasteiger partial charge is 0.258 e. The van der Waals surface area contributed by atoms with Gasteiger partial charge in [-0.25, -0.2) is 18.7 Å². The second-order valence-electron chi connectivity index (χ2n) is 5.15. The summed E-state index contributed by atoms with van der Waals surface area (Å²) in [6.07, 6.45) is 2.68. The fourth-order valence-corrected chi connectivity index (χ4v) is 1.62. The number of nitrogens with zero attached hydrogens (tertiary/aromatic N) is 2. The number of hydrogen-bond acceptors (Lipinski definition) is 4. The number of amides is 1. The molecule has 0 atom stereocenters. The third-order valence-electron chi connectivity index (χ3n) is 2.76. The second kappa shape index (κ2) is 6.93. The quantitative estimate of drug-likeness (QED) is 0.891. The first-order valence-electron chi connectivity index (χ1n) is 6.78. The standard InChI is InChI=1S/C15H16F2N4O/c1-9(2)6-18-15-19-7-10(8-20-15)14(22)21-13-4-3-11(16)5-12(13)17/h3-5,7-9H,6H2,1-2H3,(H,21,22)(H,18,19,20). The van der Waals surface area contributed by atoms with Crippen LogP contribution >= 0.6 is 0 Å². The topological polar surface area (TPSA) is 66.9 Å². The van der Waals surface area contributed by atoms with Gasteiger partial charge in [-0.1, -0.05) is 13.8 Å². The second-order valence-corrected chi connectivity index (χ2v) is 5.15. The summed E-state index contributed by atoms with van der Waals surface area (Å²) in [7, 11) is 0. The van der Waals surface area contributed by atoms with Crippen LogP contribution in [0.4, 0.5) is 20.4 Å². The lowest BCUT2D eigenvalue weighted by molar-refractivity contribution is 0.102. The molecule has 2 aromatic rings. The normalized spacial score (nSPS) is 10.6. The van der Waals surface area contributed by atoms with Gasteiger partial charge in [0.25, 0.3) is 5.91 Å². The number of rotatable bonds is 5. The van der Waals surface area contributed by atoms with E-state index in [0.717, 1.165) is 12.1 Å². The highest BCUT2D eigenvalue weighted by molar-refractivity contribution is 6.03. The Morgan fingerprint density at radius 1 is 1.23 bits per heavy atom. The maximum atomic E-state index is 13.5. The van der Waals surface area contributed by atoms with Crippen molar-refractivity contribution in [1.29, 1.82) is 0 Å². The zero-order chi connectivity index (χ0) is 16.1. The van der Waals surface area contributed by atoms with E-state index < -0.39 is 17.5 Å². The van der Waals surface area contributed by atoms with Crippen LogP contribution in [0.2, 0.25) is 0 Å². The fourth-order valence-electron chi connectivity index (χ4n) is 1.62. The highest BCUT2D eigenvalue weighted by Crippen LogP contribution is 2.16. The summed E-state index contributed by atoms with van der Waals surface area (Å²) in [5.74, 6) is -1.27. The molecule has 2 N–H and O–H groups in total. The minimum Gasteiger partial charge on any atom is -0.354 e. The van der Waals surface area contributed by atoms with E-state index >= 15 is 0 Å². The molecule has 0 radical (unpaired) electrons. The van der Waals surface area contributed by atoms with Crippen LogP contribution in [0.25, 0.3) is 0 Å². The van der Waals surface area contributed by atoms with E-state index in [1.807, 2.05) is 13.8 Å². The van der Waals surface area contributed by atoms with Gasteiger partial charge in [0, 0.05) is 25.0 Å². The highest BCUT2D eigenvalue weighted by atomic mass is 19.1. The summed E-state index contributed by atoms with van der Waals surface area (Å²) in [4.78, 5) is 20.0. The molecule has 1 heterocycles. The zero-order valence-corrected chi connectivity index (χ0v) is 12.2. The Labute approximate surface area is 126 Å². The van der Waals surface area contributed by atoms with Gasteiger partial charge in [-0.2, -0.15) is 0 Å². The Morgan fingerprint density at radius 3 is 2.50 bits per heavy atom. The van der Waals surface area contributed by atoms with Crippen molar-refractivity contribution in [1.82, 2.24) is 9.97 Å². The zero-order valence-electron chi connectivity index (χ0n) is 12.2. The predicted octanol–water partition coefficient (Wildman–Crippen LogP) is 3.08. The van der Waals surface area contributed by atoms with Gasteiger partial charge in [-0.3, -0.25) is 4.79 Å². The molecule has 0 fully saturated rings. The van der Waals surface area contributed by atoms with Crippen molar-refractivity contribution >= 4 is 17.5 Å². The van der Waals surface area contributed by atoms with Crippen LogP contribution in [0.5, 0.6) is 0 Å². The Morgan fingerprint density at radius 2 is 1.91 bits per heavy atom. The molecule has 1 amide bonds. The van der Waals surface area contributed by atoms with Gasteiger partial charge in [-0.15, -0.1) is 0 Å². The first-order valence-corrected chi connectivity index (χ1v) is 6.78. The van der Waals surface area contributed by atoms with Crippen LogP contribution in [0.1, 0.15) is 24.2 Å². The van der Waals surface area contributed by atoms with Crippen LogP contribution in [0.15, 0.2) is 30.6 Å². The lowest BCUT2D eigenvalue weighted by Crippen LogP contribution is -2.15. The Bertz CT molecular complexity index is 659. The third-order valence-corrected chi connectivity index (χ3v) is 2.76. The van der Waals surface area contributed by atoms with Gasteiger partial charge in [0.2, 0.25) is 5.95 Å². The van der Waals surface area contributed by atoms with Crippen LogP contribution in [-0.4, -0.2) is 22.4 Å². The molecule has 0 saturated heterocycles. The number of aromatic nitrogens is 2. The van der Waals surface area contributed by atoms with E-state index in [1.165, 1.54) is 12.4 Å². The number of halogens is 2. The lowest BCUT2D eigenvalue weighted by atomic mass is 10.2. The monoisotopic (exact) mass is 306 g/mol. The molecule has 1 aromatic heterocycles. The number of hydrogen-bond donors (Lipinski definition) is 2. The molecule has 1 aromatic carbocycles. The van der Waals surface area contributed by atoms with Gasteiger partial charge in [0.15, 0.2) is 0 Å². The van der Waals surface area contributed by atoms with Crippen molar-refractivity contribution in [3.05, 3.63) is 47.8 Å². The van der Waals surface area contributed by atoms with Crippen LogP contribution < -0.4 is 10.6 Å². The number of anilines is 2. The minimum atomic E-state index is -0.843. The average Bonchev–Trinajstić information content (AvgIpc) is 2.48. The molecule has 22 heavy (non-hydrogen) atoms. The summed E-state index contributed by atoms with van der Waals surface area (Å²) < 4.78 is 26.3.